The number of aromatic nitrogens is 1. The van der Waals surface area contributed by atoms with Gasteiger partial charge < -0.3 is 19.1 Å². The molecule has 0 unspecified atom stereocenters. The molecule has 0 bridgehead atoms. The molecule has 2 aromatic rings. The number of ether oxygens (including phenoxy) is 1. The van der Waals surface area contributed by atoms with Crippen LogP contribution in [0.25, 0.3) is 10.9 Å². The summed E-state index contributed by atoms with van der Waals surface area (Å²) in [6.07, 6.45) is 8.68. The van der Waals surface area contributed by atoms with Gasteiger partial charge in [-0.3, -0.25) is 4.79 Å². The molecule has 2 aliphatic heterocycles. The van der Waals surface area contributed by atoms with Crippen LogP contribution in [0.4, 0.5) is 0 Å². The summed E-state index contributed by atoms with van der Waals surface area (Å²) in [4.78, 5) is 17.8. The highest BCUT2D eigenvalue weighted by atomic mass is 16.5. The summed E-state index contributed by atoms with van der Waals surface area (Å²) in [5.41, 5.74) is 1.97. The summed E-state index contributed by atoms with van der Waals surface area (Å²) >= 11 is 0. The molecule has 2 atom stereocenters. The number of carbonyl (C=O) groups excluding carboxylic acids is 1. The first-order chi connectivity index (χ1) is 13.6. The number of para-hydroxylation sites is 1. The van der Waals surface area contributed by atoms with Crippen LogP contribution in [0.3, 0.4) is 0 Å². The molecule has 5 rings (SSSR count). The number of likely N-dealkylation sites (N-methyl/N-ethyl adjacent to an activating group) is 1. The lowest BCUT2D eigenvalue weighted by Crippen LogP contribution is -2.52. The Morgan fingerprint density at radius 1 is 1.14 bits per heavy atom. The van der Waals surface area contributed by atoms with Gasteiger partial charge in [-0.1, -0.05) is 31.4 Å². The van der Waals surface area contributed by atoms with E-state index in [-0.39, 0.29) is 5.91 Å². The van der Waals surface area contributed by atoms with Crippen molar-refractivity contribution in [3.63, 3.8) is 0 Å². The highest BCUT2D eigenvalue weighted by Crippen LogP contribution is 2.42. The van der Waals surface area contributed by atoms with Crippen LogP contribution in [-0.2, 0) is 0 Å². The summed E-state index contributed by atoms with van der Waals surface area (Å²) in [7, 11) is 2.14. The Bertz CT molecular complexity index is 883. The van der Waals surface area contributed by atoms with Crippen molar-refractivity contribution in [1.29, 1.82) is 0 Å². The van der Waals surface area contributed by atoms with Gasteiger partial charge >= 0.3 is 0 Å². The van der Waals surface area contributed by atoms with Gasteiger partial charge in [0.25, 0.3) is 5.91 Å². The van der Waals surface area contributed by atoms with Crippen molar-refractivity contribution in [3.8, 4) is 5.75 Å². The van der Waals surface area contributed by atoms with Crippen LogP contribution in [0.2, 0.25) is 0 Å². The first kappa shape index (κ1) is 18.0. The number of nitrogens with zero attached hydrogens (tertiary/aromatic N) is 3. The Labute approximate surface area is 167 Å². The molecule has 1 aromatic carbocycles. The Hall–Kier alpha value is -2.01. The summed E-state index contributed by atoms with van der Waals surface area (Å²) in [6.45, 7) is 5.45. The van der Waals surface area contributed by atoms with Gasteiger partial charge in [0.15, 0.2) is 0 Å². The Kier molecular flexibility index (Phi) is 4.58. The fourth-order valence-electron chi connectivity index (χ4n) is 5.37. The molecule has 0 N–H and O–H groups in total. The van der Waals surface area contributed by atoms with Crippen molar-refractivity contribution in [3.05, 3.63) is 30.0 Å². The number of hydrogen-bond acceptors (Lipinski definition) is 3. The molecule has 0 spiro atoms. The van der Waals surface area contributed by atoms with Gasteiger partial charge in [-0.05, 0) is 38.8 Å². The van der Waals surface area contributed by atoms with Crippen molar-refractivity contribution in [2.45, 2.75) is 51.1 Å². The lowest BCUT2D eigenvalue weighted by molar-refractivity contribution is 0.0573. The molecule has 2 fully saturated rings. The third-order valence-corrected chi connectivity index (χ3v) is 7.25. The maximum absolute atomic E-state index is 13.5. The first-order valence-electron chi connectivity index (χ1n) is 10.9. The van der Waals surface area contributed by atoms with Crippen molar-refractivity contribution < 1.29 is 9.53 Å². The molecular formula is C23H31N3O2. The maximum Gasteiger partial charge on any atom is 0.256 e. The van der Waals surface area contributed by atoms with Crippen LogP contribution in [0.5, 0.6) is 5.75 Å². The number of piperazine rings is 1. The summed E-state index contributed by atoms with van der Waals surface area (Å²) in [5, 5.41) is 1.05. The van der Waals surface area contributed by atoms with Gasteiger partial charge in [-0.15, -0.1) is 0 Å². The molecule has 5 nitrogen and oxygen atoms in total. The molecule has 150 valence electrons. The standard InChI is InChI=1S/C23H31N3O2/c1-16-13-25(12-11-24(16)2)23(27)19-14-26-20(17-7-4-3-5-8-17)15-28-21-10-6-9-18(19)22(21)26/h6,9-10,14,16-17,20H,3-5,7-8,11-13,15H2,1-2H3/t16-,20-/m0/s1. The lowest BCUT2D eigenvalue weighted by atomic mass is 9.83. The largest absolute Gasteiger partial charge is 0.489 e. The van der Waals surface area contributed by atoms with Gasteiger partial charge in [0.2, 0.25) is 0 Å². The van der Waals surface area contributed by atoms with E-state index in [4.69, 9.17) is 4.74 Å². The molecule has 0 radical (unpaired) electrons. The van der Waals surface area contributed by atoms with Gasteiger partial charge in [-0.25, -0.2) is 0 Å². The third-order valence-electron chi connectivity index (χ3n) is 7.25. The fraction of sp³-hybridized carbons (Fsp3) is 0.609. The number of benzene rings is 1. The quantitative estimate of drug-likeness (QED) is 0.791. The zero-order valence-corrected chi connectivity index (χ0v) is 17.1. The van der Waals surface area contributed by atoms with Crippen LogP contribution < -0.4 is 4.74 Å². The fourth-order valence-corrected chi connectivity index (χ4v) is 5.37. The van der Waals surface area contributed by atoms with E-state index in [1.807, 2.05) is 17.0 Å². The predicted octanol–water partition coefficient (Wildman–Crippen LogP) is 3.93. The second-order valence-corrected chi connectivity index (χ2v) is 8.96. The molecule has 1 saturated heterocycles. The average molecular weight is 382 g/mol. The van der Waals surface area contributed by atoms with Gasteiger partial charge in [0.05, 0.1) is 17.1 Å². The molecule has 28 heavy (non-hydrogen) atoms. The molecule has 3 heterocycles. The van der Waals surface area contributed by atoms with Gasteiger partial charge in [0.1, 0.15) is 12.4 Å². The van der Waals surface area contributed by atoms with Crippen LogP contribution in [0, 0.1) is 5.92 Å². The van der Waals surface area contributed by atoms with E-state index in [1.165, 1.54) is 32.1 Å². The van der Waals surface area contributed by atoms with Crippen molar-refractivity contribution in [2.75, 3.05) is 33.3 Å². The molecule has 5 heteroatoms. The SMILES string of the molecule is C[C@H]1CN(C(=O)c2cn3c4c(cccc24)OC[C@H]3C2CCCCC2)CCN1C. The van der Waals surface area contributed by atoms with Crippen molar-refractivity contribution >= 4 is 16.8 Å². The molecule has 1 aromatic heterocycles. The first-order valence-corrected chi connectivity index (χ1v) is 10.9. The average Bonchev–Trinajstić information content (AvgIpc) is 3.12. The molecular weight excluding hydrogens is 350 g/mol. The van der Waals surface area contributed by atoms with Crippen molar-refractivity contribution in [2.24, 2.45) is 5.92 Å². The topological polar surface area (TPSA) is 37.7 Å². The monoisotopic (exact) mass is 381 g/mol. The van der Waals surface area contributed by atoms with E-state index in [0.29, 0.717) is 18.0 Å². The minimum atomic E-state index is 0.171. The summed E-state index contributed by atoms with van der Waals surface area (Å²) in [6, 6.07) is 6.91. The highest BCUT2D eigenvalue weighted by molar-refractivity contribution is 6.08. The lowest BCUT2D eigenvalue weighted by Gasteiger charge is -2.37. The second kappa shape index (κ2) is 7.11. The molecule has 3 aliphatic rings. The Morgan fingerprint density at radius 2 is 1.96 bits per heavy atom. The minimum absolute atomic E-state index is 0.171. The van der Waals surface area contributed by atoms with Gasteiger partial charge in [0, 0.05) is 37.3 Å². The summed E-state index contributed by atoms with van der Waals surface area (Å²) in [5.74, 6) is 1.75. The van der Waals surface area contributed by atoms with E-state index in [2.05, 4.69) is 35.7 Å². The number of carbonyl (C=O) groups is 1. The zero-order valence-electron chi connectivity index (χ0n) is 17.1. The third kappa shape index (κ3) is 2.91. The minimum Gasteiger partial charge on any atom is -0.489 e. The molecule has 1 aliphatic carbocycles. The number of hydrogen-bond donors (Lipinski definition) is 0. The second-order valence-electron chi connectivity index (χ2n) is 8.96. The van der Waals surface area contributed by atoms with Crippen LogP contribution in [0.15, 0.2) is 24.4 Å². The summed E-state index contributed by atoms with van der Waals surface area (Å²) < 4.78 is 8.56. The van der Waals surface area contributed by atoms with E-state index in [0.717, 1.165) is 48.5 Å². The predicted molar refractivity (Wildman–Crippen MR) is 111 cm³/mol. The van der Waals surface area contributed by atoms with Gasteiger partial charge in [-0.2, -0.15) is 0 Å². The normalized spacial score (nSPS) is 26.4. The van der Waals surface area contributed by atoms with E-state index >= 15 is 0 Å². The van der Waals surface area contributed by atoms with Crippen LogP contribution >= 0.6 is 0 Å². The smallest absolute Gasteiger partial charge is 0.256 e. The van der Waals surface area contributed by atoms with Crippen molar-refractivity contribution in [1.82, 2.24) is 14.4 Å². The Balaban J connectivity index is 1.53. The van der Waals surface area contributed by atoms with E-state index in [1.54, 1.807) is 0 Å². The van der Waals surface area contributed by atoms with E-state index < -0.39 is 0 Å². The van der Waals surface area contributed by atoms with Crippen LogP contribution in [0.1, 0.15) is 55.4 Å². The van der Waals surface area contributed by atoms with E-state index in [9.17, 15) is 4.79 Å². The maximum atomic E-state index is 13.5. The molecule has 1 saturated carbocycles. The number of rotatable bonds is 2. The zero-order chi connectivity index (χ0) is 19.3. The van der Waals surface area contributed by atoms with Crippen LogP contribution in [-0.4, -0.2) is 59.6 Å². The number of amides is 1. The Morgan fingerprint density at radius 3 is 2.75 bits per heavy atom. The molecule has 1 amide bonds. The highest BCUT2D eigenvalue weighted by Gasteiger charge is 2.34.